The number of nitrogens with one attached hydrogen (secondary N) is 1. The van der Waals surface area contributed by atoms with Gasteiger partial charge >= 0.3 is 0 Å². The fourth-order valence-corrected chi connectivity index (χ4v) is 2.15. The minimum absolute atomic E-state index is 0.145. The Morgan fingerprint density at radius 2 is 2.35 bits per heavy atom. The Bertz CT molecular complexity index is 766. The molecule has 1 N–H and O–H groups in total. The summed E-state index contributed by atoms with van der Waals surface area (Å²) in [5.74, 6) is -0.364. The van der Waals surface area contributed by atoms with Crippen molar-refractivity contribution in [2.75, 3.05) is 6.26 Å². The van der Waals surface area contributed by atoms with Crippen molar-refractivity contribution in [1.82, 2.24) is 15.1 Å². The third-order valence-electron chi connectivity index (χ3n) is 3.22. The van der Waals surface area contributed by atoms with Crippen LogP contribution in [0.5, 0.6) is 5.75 Å². The molecule has 1 heterocycles. The maximum Gasteiger partial charge on any atom is 0.183 e. The molecule has 2 rings (SSSR count). The van der Waals surface area contributed by atoms with Gasteiger partial charge in [0.05, 0.1) is 11.9 Å². The summed E-state index contributed by atoms with van der Waals surface area (Å²) >= 11 is 1.26. The van der Waals surface area contributed by atoms with Crippen LogP contribution in [-0.4, -0.2) is 21.2 Å². The van der Waals surface area contributed by atoms with E-state index in [4.69, 9.17) is 10.00 Å². The monoisotopic (exact) mass is 333 g/mol. The van der Waals surface area contributed by atoms with Crippen LogP contribution in [0, 0.1) is 24.2 Å². The number of benzene rings is 1. The van der Waals surface area contributed by atoms with E-state index in [0.717, 1.165) is 11.3 Å². The molecule has 8 heteroatoms. The second-order valence-corrected chi connectivity index (χ2v) is 5.44. The van der Waals surface area contributed by atoms with Gasteiger partial charge < -0.3 is 4.74 Å². The third kappa shape index (κ3) is 4.23. The van der Waals surface area contributed by atoms with Crippen LogP contribution >= 0.6 is 11.8 Å². The summed E-state index contributed by atoms with van der Waals surface area (Å²) in [5, 5.41) is 15.5. The van der Waals surface area contributed by atoms with Gasteiger partial charge in [0, 0.05) is 24.4 Å². The number of hydrogen-bond donors (Lipinski definition) is 1. The lowest BCUT2D eigenvalue weighted by Crippen LogP contribution is -2.12. The molecular weight excluding hydrogens is 317 g/mol. The Labute approximate surface area is 138 Å². The van der Waals surface area contributed by atoms with E-state index in [1.165, 1.54) is 23.9 Å². The van der Waals surface area contributed by atoms with Crippen LogP contribution in [-0.2, 0) is 13.7 Å². The third-order valence-corrected chi connectivity index (χ3v) is 3.80. The Morgan fingerprint density at radius 3 is 2.91 bits per heavy atom. The van der Waals surface area contributed by atoms with E-state index in [-0.39, 0.29) is 12.4 Å². The van der Waals surface area contributed by atoms with E-state index in [2.05, 4.69) is 15.4 Å². The van der Waals surface area contributed by atoms with Gasteiger partial charge in [0.2, 0.25) is 0 Å². The second kappa shape index (κ2) is 7.65. The van der Waals surface area contributed by atoms with Crippen molar-refractivity contribution in [3.63, 3.8) is 0 Å². The molecule has 0 fully saturated rings. The van der Waals surface area contributed by atoms with Crippen LogP contribution < -0.4 is 10.1 Å². The topological polar surface area (TPSA) is 75.2 Å². The molecule has 0 spiro atoms. The molecule has 0 unspecified atom stereocenters. The molecule has 0 amide bonds. The first kappa shape index (κ1) is 16.8. The van der Waals surface area contributed by atoms with Gasteiger partial charge in [-0.3, -0.25) is 10.00 Å². The zero-order chi connectivity index (χ0) is 16.8. The maximum atomic E-state index is 14.1. The summed E-state index contributed by atoms with van der Waals surface area (Å²) in [7, 11) is 1.84. The predicted molar refractivity (Wildman–Crippen MR) is 88.0 cm³/mol. The van der Waals surface area contributed by atoms with E-state index in [1.54, 1.807) is 29.4 Å². The predicted octanol–water partition coefficient (Wildman–Crippen LogP) is 2.87. The smallest absolute Gasteiger partial charge is 0.183 e. The fourth-order valence-electron chi connectivity index (χ4n) is 1.81. The van der Waals surface area contributed by atoms with Gasteiger partial charge in [-0.05, 0) is 25.3 Å². The van der Waals surface area contributed by atoms with Crippen LogP contribution in [0.25, 0.3) is 0 Å². The number of nitriles is 1. The van der Waals surface area contributed by atoms with Gasteiger partial charge in [0.1, 0.15) is 6.61 Å². The summed E-state index contributed by atoms with van der Waals surface area (Å²) in [4.78, 5) is 4.14. The first-order valence-electron chi connectivity index (χ1n) is 6.72. The Balaban J connectivity index is 2.10. The van der Waals surface area contributed by atoms with Gasteiger partial charge in [-0.25, -0.2) is 9.38 Å². The summed E-state index contributed by atoms with van der Waals surface area (Å²) in [6, 6.07) is 4.41. The van der Waals surface area contributed by atoms with E-state index in [0.29, 0.717) is 10.9 Å². The molecule has 1 aromatic carbocycles. The van der Waals surface area contributed by atoms with Crippen LogP contribution in [0.1, 0.15) is 11.3 Å². The molecule has 1 aromatic heterocycles. The minimum atomic E-state index is -0.509. The average Bonchev–Trinajstić information content (AvgIpc) is 2.85. The van der Waals surface area contributed by atoms with Crippen LogP contribution in [0.4, 0.5) is 10.1 Å². The zero-order valence-electron chi connectivity index (χ0n) is 13.0. The standard InChI is InChI=1S/C15H16FN5OS/c1-10-11(7-19-21(10)2)8-22-14-5-4-12(6-13(14)16)20-15(23-3)18-9-17/h4-7H,8H2,1-3H3,(H,18,20). The molecule has 0 saturated carbocycles. The van der Waals surface area contributed by atoms with Gasteiger partial charge in [0.15, 0.2) is 22.9 Å². The van der Waals surface area contributed by atoms with Crippen molar-refractivity contribution >= 4 is 22.6 Å². The molecular formula is C15H16FN5OS. The van der Waals surface area contributed by atoms with Crippen molar-refractivity contribution in [3.8, 4) is 11.9 Å². The Kier molecular flexibility index (Phi) is 5.60. The van der Waals surface area contributed by atoms with Gasteiger partial charge in [-0.15, -0.1) is 0 Å². The summed E-state index contributed by atoms with van der Waals surface area (Å²) in [5.41, 5.74) is 2.27. The van der Waals surface area contributed by atoms with Crippen LogP contribution in [0.15, 0.2) is 29.4 Å². The highest BCUT2D eigenvalue weighted by Gasteiger charge is 2.08. The number of aryl methyl sites for hydroxylation is 1. The molecule has 0 aliphatic rings. The molecule has 0 atom stereocenters. The van der Waals surface area contributed by atoms with Crippen molar-refractivity contribution in [2.45, 2.75) is 13.5 Å². The molecule has 23 heavy (non-hydrogen) atoms. The molecule has 0 saturated heterocycles. The number of aliphatic imine (C=N–C) groups is 1. The average molecular weight is 333 g/mol. The lowest BCUT2D eigenvalue weighted by Gasteiger charge is -2.08. The maximum absolute atomic E-state index is 14.1. The van der Waals surface area contributed by atoms with Crippen LogP contribution in [0.3, 0.4) is 0 Å². The Hall–Kier alpha value is -2.53. The largest absolute Gasteiger partial charge is 0.486 e. The summed E-state index contributed by atoms with van der Waals surface area (Å²) in [6.07, 6.45) is 5.25. The van der Waals surface area contributed by atoms with Crippen molar-refractivity contribution < 1.29 is 9.13 Å². The van der Waals surface area contributed by atoms with E-state index < -0.39 is 5.82 Å². The quantitative estimate of drug-likeness (QED) is 0.403. The lowest BCUT2D eigenvalue weighted by atomic mass is 10.2. The summed E-state index contributed by atoms with van der Waals surface area (Å²) in [6.45, 7) is 2.16. The molecule has 6 nitrogen and oxygen atoms in total. The minimum Gasteiger partial charge on any atom is -0.486 e. The number of amidine groups is 1. The van der Waals surface area contributed by atoms with Gasteiger partial charge in [-0.1, -0.05) is 11.8 Å². The van der Waals surface area contributed by atoms with E-state index in [9.17, 15) is 4.39 Å². The van der Waals surface area contributed by atoms with Crippen molar-refractivity contribution in [1.29, 1.82) is 5.26 Å². The molecule has 120 valence electrons. The number of nitrogens with zero attached hydrogens (tertiary/aromatic N) is 4. The first-order chi connectivity index (χ1) is 11.0. The van der Waals surface area contributed by atoms with Crippen molar-refractivity contribution in [2.24, 2.45) is 12.0 Å². The number of halogens is 1. The van der Waals surface area contributed by atoms with Crippen LogP contribution in [0.2, 0.25) is 0 Å². The fraction of sp³-hybridized carbons (Fsp3) is 0.267. The SMILES string of the molecule is CSC(=Nc1ccc(OCc2cnn(C)c2C)c(F)c1)NC#N. The number of thioether (sulfide) groups is 1. The molecule has 0 aliphatic heterocycles. The number of ether oxygens (including phenoxy) is 1. The van der Waals surface area contributed by atoms with Gasteiger partial charge in [0.25, 0.3) is 0 Å². The van der Waals surface area contributed by atoms with E-state index >= 15 is 0 Å². The summed E-state index contributed by atoms with van der Waals surface area (Å²) < 4.78 is 21.3. The van der Waals surface area contributed by atoms with Crippen molar-refractivity contribution in [3.05, 3.63) is 41.5 Å². The highest BCUT2D eigenvalue weighted by atomic mass is 32.2. The number of aromatic nitrogens is 2. The van der Waals surface area contributed by atoms with E-state index in [1.807, 2.05) is 14.0 Å². The number of rotatable bonds is 4. The lowest BCUT2D eigenvalue weighted by molar-refractivity contribution is 0.289. The number of hydrogen-bond acceptors (Lipinski definition) is 5. The highest BCUT2D eigenvalue weighted by Crippen LogP contribution is 2.24. The zero-order valence-corrected chi connectivity index (χ0v) is 13.8. The molecule has 0 aliphatic carbocycles. The molecule has 0 bridgehead atoms. The highest BCUT2D eigenvalue weighted by molar-refractivity contribution is 8.13. The first-order valence-corrected chi connectivity index (χ1v) is 7.95. The normalized spacial score (nSPS) is 11.2. The molecule has 0 radical (unpaired) electrons. The molecule has 2 aromatic rings. The Morgan fingerprint density at radius 1 is 1.57 bits per heavy atom. The second-order valence-electron chi connectivity index (χ2n) is 4.64. The van der Waals surface area contributed by atoms with Gasteiger partial charge in [-0.2, -0.15) is 10.4 Å².